The molecule has 0 aliphatic carbocycles. The largest absolute Gasteiger partial charge is 0.336 e. The zero-order chi connectivity index (χ0) is 15.0. The van der Waals surface area contributed by atoms with Crippen LogP contribution in [0.1, 0.15) is 24.2 Å². The van der Waals surface area contributed by atoms with Gasteiger partial charge in [0, 0.05) is 41.2 Å². The maximum absolute atomic E-state index is 12.8. The molecule has 1 amide bonds. The summed E-state index contributed by atoms with van der Waals surface area (Å²) in [5.41, 5.74) is 1.49. The highest BCUT2D eigenvalue weighted by molar-refractivity contribution is 7.86. The summed E-state index contributed by atoms with van der Waals surface area (Å²) in [5.74, 6) is 0.542. The van der Waals surface area contributed by atoms with Crippen molar-refractivity contribution in [3.8, 4) is 0 Å². The first-order valence-corrected chi connectivity index (χ1v) is 8.32. The lowest BCUT2D eigenvalue weighted by Gasteiger charge is -2.37. The summed E-state index contributed by atoms with van der Waals surface area (Å²) in [6.45, 7) is 4.97. The highest BCUT2D eigenvalue weighted by atomic mass is 32.2. The summed E-state index contributed by atoms with van der Waals surface area (Å²) in [4.78, 5) is 18.9. The number of carbonyl (C=O) groups excluding carboxylic acids is 1. The SMILES string of the molecule is CC1(C)CN(C(=O)c2ccnc3ccccc23)CC[S@]1=O. The Morgan fingerprint density at radius 1 is 1.29 bits per heavy atom. The summed E-state index contributed by atoms with van der Waals surface area (Å²) >= 11 is 0. The summed E-state index contributed by atoms with van der Waals surface area (Å²) in [6, 6.07) is 9.42. The molecule has 0 radical (unpaired) electrons. The molecule has 1 aromatic heterocycles. The summed E-state index contributed by atoms with van der Waals surface area (Å²) in [7, 11) is -0.878. The third kappa shape index (κ3) is 2.58. The third-order valence-electron chi connectivity index (χ3n) is 3.90. The zero-order valence-corrected chi connectivity index (χ0v) is 13.0. The number of aromatic nitrogens is 1. The predicted molar refractivity (Wildman–Crippen MR) is 84.7 cm³/mol. The van der Waals surface area contributed by atoms with Crippen molar-refractivity contribution in [2.75, 3.05) is 18.8 Å². The summed E-state index contributed by atoms with van der Waals surface area (Å²) in [5, 5.41) is 0.870. The molecule has 0 spiro atoms. The fourth-order valence-electron chi connectivity index (χ4n) is 2.71. The average Bonchev–Trinajstić information content (AvgIpc) is 2.48. The van der Waals surface area contributed by atoms with Crippen molar-refractivity contribution in [3.63, 3.8) is 0 Å². The lowest BCUT2D eigenvalue weighted by Crippen LogP contribution is -2.52. The number of hydrogen-bond acceptors (Lipinski definition) is 3. The number of para-hydroxylation sites is 1. The van der Waals surface area contributed by atoms with Crippen molar-refractivity contribution in [2.24, 2.45) is 0 Å². The molecule has 0 N–H and O–H groups in total. The van der Waals surface area contributed by atoms with E-state index >= 15 is 0 Å². The van der Waals surface area contributed by atoms with Gasteiger partial charge in [-0.05, 0) is 26.0 Å². The number of amides is 1. The van der Waals surface area contributed by atoms with Gasteiger partial charge in [0.05, 0.1) is 15.8 Å². The van der Waals surface area contributed by atoms with Crippen molar-refractivity contribution in [3.05, 3.63) is 42.1 Å². The predicted octanol–water partition coefficient (Wildman–Crippen LogP) is 2.22. The zero-order valence-electron chi connectivity index (χ0n) is 12.2. The number of carbonyl (C=O) groups is 1. The van der Waals surface area contributed by atoms with Gasteiger partial charge in [-0.2, -0.15) is 0 Å². The van der Waals surface area contributed by atoms with Gasteiger partial charge in [-0.15, -0.1) is 0 Å². The normalized spacial score (nSPS) is 21.4. The van der Waals surface area contributed by atoms with Gasteiger partial charge in [0.25, 0.3) is 5.91 Å². The Bertz CT molecular complexity index is 722. The standard InChI is InChI=1S/C16H18N2O2S/c1-16(2)11-18(9-10-21(16)20)15(19)13-7-8-17-14-6-4-3-5-12(13)14/h3-8H,9-11H2,1-2H3/t21-/m1/s1. The maximum atomic E-state index is 12.8. The van der Waals surface area contributed by atoms with Crippen molar-refractivity contribution in [2.45, 2.75) is 18.6 Å². The molecular weight excluding hydrogens is 284 g/mol. The molecule has 2 heterocycles. The van der Waals surface area contributed by atoms with Crippen LogP contribution in [0.15, 0.2) is 36.5 Å². The van der Waals surface area contributed by atoms with Crippen LogP contribution in [0.5, 0.6) is 0 Å². The van der Waals surface area contributed by atoms with E-state index in [0.717, 1.165) is 10.9 Å². The Balaban J connectivity index is 1.96. The minimum absolute atomic E-state index is 0.00150. The smallest absolute Gasteiger partial charge is 0.254 e. The molecule has 4 nitrogen and oxygen atoms in total. The van der Waals surface area contributed by atoms with E-state index < -0.39 is 10.8 Å². The molecule has 1 aliphatic rings. The highest BCUT2D eigenvalue weighted by Crippen LogP contribution is 2.24. The molecule has 3 rings (SSSR count). The quantitative estimate of drug-likeness (QED) is 0.811. The van der Waals surface area contributed by atoms with Crippen LogP contribution in [0.4, 0.5) is 0 Å². The molecule has 0 bridgehead atoms. The van der Waals surface area contributed by atoms with Crippen LogP contribution in [0.3, 0.4) is 0 Å². The minimum Gasteiger partial charge on any atom is -0.336 e. The van der Waals surface area contributed by atoms with Crippen LogP contribution in [0.2, 0.25) is 0 Å². The van der Waals surface area contributed by atoms with Gasteiger partial charge in [0.1, 0.15) is 0 Å². The van der Waals surface area contributed by atoms with Crippen LogP contribution >= 0.6 is 0 Å². The van der Waals surface area contributed by atoms with Crippen LogP contribution in [-0.4, -0.2) is 43.6 Å². The minimum atomic E-state index is -0.878. The first-order valence-electron chi connectivity index (χ1n) is 7.00. The molecule has 1 fully saturated rings. The fourth-order valence-corrected chi connectivity index (χ4v) is 3.94. The van der Waals surface area contributed by atoms with E-state index in [1.807, 2.05) is 43.0 Å². The molecule has 1 aromatic carbocycles. The second kappa shape index (κ2) is 5.22. The van der Waals surface area contributed by atoms with Crippen molar-refractivity contribution < 1.29 is 9.00 Å². The number of nitrogens with zero attached hydrogens (tertiary/aromatic N) is 2. The van der Waals surface area contributed by atoms with Gasteiger partial charge in [-0.1, -0.05) is 18.2 Å². The second-order valence-corrected chi connectivity index (χ2v) is 8.12. The Morgan fingerprint density at radius 3 is 2.81 bits per heavy atom. The monoisotopic (exact) mass is 302 g/mol. The van der Waals surface area contributed by atoms with Crippen LogP contribution in [-0.2, 0) is 10.8 Å². The number of pyridine rings is 1. The summed E-state index contributed by atoms with van der Waals surface area (Å²) in [6.07, 6.45) is 1.67. The molecular formula is C16H18N2O2S. The second-order valence-electron chi connectivity index (χ2n) is 5.91. The Hall–Kier alpha value is -1.75. The van der Waals surface area contributed by atoms with Crippen molar-refractivity contribution in [1.82, 2.24) is 9.88 Å². The third-order valence-corrected chi connectivity index (χ3v) is 5.82. The lowest BCUT2D eigenvalue weighted by molar-refractivity contribution is 0.0747. The Labute approximate surface area is 126 Å². The molecule has 1 saturated heterocycles. The van der Waals surface area contributed by atoms with Crippen molar-refractivity contribution >= 4 is 27.6 Å². The molecule has 0 unspecified atom stereocenters. The number of hydrogen-bond donors (Lipinski definition) is 0. The molecule has 110 valence electrons. The maximum Gasteiger partial charge on any atom is 0.254 e. The lowest BCUT2D eigenvalue weighted by atomic mass is 10.1. The van der Waals surface area contributed by atoms with E-state index in [2.05, 4.69) is 4.98 Å². The van der Waals surface area contributed by atoms with E-state index in [0.29, 0.717) is 24.4 Å². The first-order chi connectivity index (χ1) is 9.99. The van der Waals surface area contributed by atoms with E-state index in [1.165, 1.54) is 0 Å². The highest BCUT2D eigenvalue weighted by Gasteiger charge is 2.35. The average molecular weight is 302 g/mol. The van der Waals surface area contributed by atoms with Gasteiger partial charge in [-0.3, -0.25) is 14.0 Å². The Kier molecular flexibility index (Phi) is 3.53. The van der Waals surface area contributed by atoms with Gasteiger partial charge < -0.3 is 4.90 Å². The van der Waals surface area contributed by atoms with Crippen LogP contribution < -0.4 is 0 Å². The Morgan fingerprint density at radius 2 is 2.05 bits per heavy atom. The van der Waals surface area contributed by atoms with E-state index in [9.17, 15) is 9.00 Å². The number of rotatable bonds is 1. The fraction of sp³-hybridized carbons (Fsp3) is 0.375. The van der Waals surface area contributed by atoms with Crippen molar-refractivity contribution in [1.29, 1.82) is 0 Å². The van der Waals surface area contributed by atoms with Gasteiger partial charge in [0.15, 0.2) is 0 Å². The van der Waals surface area contributed by atoms with E-state index in [1.54, 1.807) is 12.3 Å². The number of fused-ring (bicyclic) bond motifs is 1. The molecule has 1 aliphatic heterocycles. The van der Waals surface area contributed by atoms with Gasteiger partial charge >= 0.3 is 0 Å². The van der Waals surface area contributed by atoms with E-state index in [-0.39, 0.29) is 10.7 Å². The molecule has 2 aromatic rings. The molecule has 21 heavy (non-hydrogen) atoms. The number of benzene rings is 1. The summed E-state index contributed by atoms with van der Waals surface area (Å²) < 4.78 is 11.6. The van der Waals surface area contributed by atoms with Gasteiger partial charge in [-0.25, -0.2) is 0 Å². The molecule has 5 heteroatoms. The topological polar surface area (TPSA) is 50.3 Å². The molecule has 1 atom stereocenters. The van der Waals surface area contributed by atoms with Crippen LogP contribution in [0.25, 0.3) is 10.9 Å². The van der Waals surface area contributed by atoms with Crippen LogP contribution in [0, 0.1) is 0 Å². The first kappa shape index (κ1) is 14.2. The molecule has 0 saturated carbocycles. The van der Waals surface area contributed by atoms with E-state index in [4.69, 9.17) is 0 Å². The van der Waals surface area contributed by atoms with Gasteiger partial charge in [0.2, 0.25) is 0 Å².